The van der Waals surface area contributed by atoms with Crippen LogP contribution in [0, 0.1) is 5.41 Å². The summed E-state index contributed by atoms with van der Waals surface area (Å²) in [6, 6.07) is 2.62. The maximum Gasteiger partial charge on any atom is 0.225 e. The van der Waals surface area contributed by atoms with Crippen molar-refractivity contribution in [2.75, 3.05) is 13.7 Å². The van der Waals surface area contributed by atoms with Crippen LogP contribution in [0.5, 0.6) is 5.88 Å². The fourth-order valence-electron chi connectivity index (χ4n) is 2.50. The van der Waals surface area contributed by atoms with Crippen molar-refractivity contribution in [1.29, 1.82) is 0 Å². The van der Waals surface area contributed by atoms with Crippen molar-refractivity contribution in [3.8, 4) is 5.88 Å². The topological polar surface area (TPSA) is 34.1 Å². The summed E-state index contributed by atoms with van der Waals surface area (Å²) < 4.78 is 9.35. The number of aromatic nitrogens is 1. The van der Waals surface area contributed by atoms with Crippen molar-refractivity contribution in [3.63, 3.8) is 0 Å². The van der Waals surface area contributed by atoms with Crippen molar-refractivity contribution in [2.24, 2.45) is 5.41 Å². The molecule has 0 radical (unpaired) electrons. The molecule has 1 aliphatic carbocycles. The first-order valence-corrected chi connectivity index (χ1v) is 5.85. The number of hydrogen-bond donors (Lipinski definition) is 1. The van der Waals surface area contributed by atoms with Gasteiger partial charge in [0.15, 0.2) is 0 Å². The van der Waals surface area contributed by atoms with E-state index in [1.54, 1.807) is 18.6 Å². The molecule has 1 aromatic rings. The minimum atomic E-state index is 0.553. The van der Waals surface area contributed by atoms with Gasteiger partial charge in [-0.3, -0.25) is 0 Å². The van der Waals surface area contributed by atoms with Crippen molar-refractivity contribution >= 4 is 11.5 Å². The van der Waals surface area contributed by atoms with Crippen LogP contribution >= 0.6 is 11.5 Å². The quantitative estimate of drug-likeness (QED) is 0.810. The Balaban J connectivity index is 1.81. The molecule has 1 saturated heterocycles. The molecule has 1 aliphatic heterocycles. The van der Waals surface area contributed by atoms with Crippen molar-refractivity contribution in [3.05, 3.63) is 10.9 Å². The van der Waals surface area contributed by atoms with Crippen LogP contribution in [-0.2, 0) is 0 Å². The summed E-state index contributed by atoms with van der Waals surface area (Å²) in [5, 5.41) is 3.51. The van der Waals surface area contributed by atoms with Crippen LogP contribution in [0.15, 0.2) is 6.07 Å². The van der Waals surface area contributed by atoms with Gasteiger partial charge < -0.3 is 10.1 Å². The Morgan fingerprint density at radius 3 is 2.93 bits per heavy atom. The van der Waals surface area contributed by atoms with Gasteiger partial charge in [-0.15, -0.1) is 0 Å². The Hall–Kier alpha value is -0.610. The molecule has 2 aliphatic rings. The molecule has 2 heterocycles. The molecule has 1 unspecified atom stereocenters. The molecular weight excluding hydrogens is 196 g/mol. The third-order valence-corrected chi connectivity index (χ3v) is 4.46. The Kier molecular flexibility index (Phi) is 1.82. The molecule has 4 heteroatoms. The first-order chi connectivity index (χ1) is 6.84. The molecular formula is C10H14N2OS. The van der Waals surface area contributed by atoms with E-state index < -0.39 is 0 Å². The van der Waals surface area contributed by atoms with E-state index in [9.17, 15) is 0 Å². The first kappa shape index (κ1) is 8.68. The number of methoxy groups -OCH3 is 1. The molecule has 0 amide bonds. The number of ether oxygens (including phenoxy) is 1. The van der Waals surface area contributed by atoms with E-state index in [0.717, 1.165) is 5.88 Å². The molecule has 1 atom stereocenters. The van der Waals surface area contributed by atoms with Gasteiger partial charge in [-0.05, 0) is 24.4 Å². The summed E-state index contributed by atoms with van der Waals surface area (Å²) in [6.07, 6.45) is 4.16. The zero-order chi connectivity index (χ0) is 9.60. The van der Waals surface area contributed by atoms with Crippen LogP contribution in [0.4, 0.5) is 0 Å². The Morgan fingerprint density at radius 2 is 2.50 bits per heavy atom. The molecule has 1 aromatic heterocycles. The average molecular weight is 210 g/mol. The summed E-state index contributed by atoms with van der Waals surface area (Å²) in [5.74, 6) is 0.758. The summed E-state index contributed by atoms with van der Waals surface area (Å²) >= 11 is 1.57. The number of rotatable bonds is 2. The Labute approximate surface area is 87.6 Å². The highest BCUT2D eigenvalue weighted by molar-refractivity contribution is 7.06. The van der Waals surface area contributed by atoms with E-state index in [1.165, 1.54) is 30.7 Å². The van der Waals surface area contributed by atoms with Gasteiger partial charge >= 0.3 is 0 Å². The fourth-order valence-corrected chi connectivity index (χ4v) is 3.41. The van der Waals surface area contributed by atoms with Crippen LogP contribution < -0.4 is 10.1 Å². The van der Waals surface area contributed by atoms with E-state index >= 15 is 0 Å². The molecule has 0 bridgehead atoms. The predicted molar refractivity (Wildman–Crippen MR) is 55.7 cm³/mol. The second-order valence-electron chi connectivity index (χ2n) is 4.30. The van der Waals surface area contributed by atoms with Gasteiger partial charge in [-0.1, -0.05) is 6.42 Å². The number of nitrogens with zero attached hydrogens (tertiary/aromatic N) is 1. The molecule has 14 heavy (non-hydrogen) atoms. The van der Waals surface area contributed by atoms with Crippen LogP contribution in [-0.4, -0.2) is 18.0 Å². The van der Waals surface area contributed by atoms with Gasteiger partial charge in [0.25, 0.3) is 0 Å². The predicted octanol–water partition coefficient (Wildman–Crippen LogP) is 1.97. The minimum absolute atomic E-state index is 0.553. The van der Waals surface area contributed by atoms with E-state index in [-0.39, 0.29) is 0 Å². The van der Waals surface area contributed by atoms with Gasteiger partial charge in [0, 0.05) is 22.9 Å². The lowest BCUT2D eigenvalue weighted by Gasteiger charge is -2.56. The second-order valence-corrected chi connectivity index (χ2v) is 5.14. The summed E-state index contributed by atoms with van der Waals surface area (Å²) in [6.45, 7) is 1.19. The normalized spacial score (nSPS) is 28.2. The highest BCUT2D eigenvalue weighted by Crippen LogP contribution is 2.56. The minimum Gasteiger partial charge on any atom is -0.480 e. The summed E-state index contributed by atoms with van der Waals surface area (Å²) in [4.78, 5) is 1.34. The van der Waals surface area contributed by atoms with Crippen LogP contribution in [0.25, 0.3) is 0 Å². The zero-order valence-corrected chi connectivity index (χ0v) is 9.06. The molecule has 0 aromatic carbocycles. The maximum atomic E-state index is 5.10. The summed E-state index contributed by atoms with van der Waals surface area (Å²) in [7, 11) is 1.67. The van der Waals surface area contributed by atoms with Crippen LogP contribution in [0.2, 0.25) is 0 Å². The van der Waals surface area contributed by atoms with Crippen LogP contribution in [0.1, 0.15) is 30.2 Å². The highest BCUT2D eigenvalue weighted by atomic mass is 32.1. The fraction of sp³-hybridized carbons (Fsp3) is 0.700. The van der Waals surface area contributed by atoms with Gasteiger partial charge in [-0.25, -0.2) is 0 Å². The van der Waals surface area contributed by atoms with Gasteiger partial charge in [0.1, 0.15) is 0 Å². The zero-order valence-electron chi connectivity index (χ0n) is 8.25. The van der Waals surface area contributed by atoms with Crippen molar-refractivity contribution in [1.82, 2.24) is 9.69 Å². The smallest absolute Gasteiger partial charge is 0.225 e. The van der Waals surface area contributed by atoms with E-state index in [4.69, 9.17) is 4.74 Å². The molecule has 1 saturated carbocycles. The summed E-state index contributed by atoms with van der Waals surface area (Å²) in [5.41, 5.74) is 0.581. The Bertz CT molecular complexity index is 340. The van der Waals surface area contributed by atoms with Gasteiger partial charge in [0.05, 0.1) is 13.2 Å². The SMILES string of the molecule is COc1cc(C2NCC23CCC3)sn1. The van der Waals surface area contributed by atoms with E-state index in [2.05, 4.69) is 15.8 Å². The first-order valence-electron chi connectivity index (χ1n) is 5.08. The molecule has 1 spiro atoms. The van der Waals surface area contributed by atoms with Gasteiger partial charge in [0.2, 0.25) is 5.88 Å². The second kappa shape index (κ2) is 2.94. The van der Waals surface area contributed by atoms with Gasteiger partial charge in [-0.2, -0.15) is 4.37 Å². The lowest BCUT2D eigenvalue weighted by atomic mass is 9.59. The van der Waals surface area contributed by atoms with Crippen molar-refractivity contribution in [2.45, 2.75) is 25.3 Å². The third kappa shape index (κ3) is 1.04. The molecule has 3 rings (SSSR count). The molecule has 2 fully saturated rings. The lowest BCUT2D eigenvalue weighted by Crippen LogP contribution is -2.59. The van der Waals surface area contributed by atoms with E-state index in [0.29, 0.717) is 11.5 Å². The van der Waals surface area contributed by atoms with Crippen molar-refractivity contribution < 1.29 is 4.74 Å². The van der Waals surface area contributed by atoms with E-state index in [1.807, 2.05) is 0 Å². The number of hydrogen-bond acceptors (Lipinski definition) is 4. The molecule has 3 nitrogen and oxygen atoms in total. The monoisotopic (exact) mass is 210 g/mol. The third-order valence-electron chi connectivity index (χ3n) is 3.62. The van der Waals surface area contributed by atoms with Crippen LogP contribution in [0.3, 0.4) is 0 Å². The standard InChI is InChI=1S/C10H14N2OS/c1-13-8-5-7(14-12-8)9-10(6-11-9)3-2-4-10/h5,9,11H,2-4,6H2,1H3. The lowest BCUT2D eigenvalue weighted by molar-refractivity contribution is -0.00389. The number of nitrogens with one attached hydrogen (secondary N) is 1. The molecule has 1 N–H and O–H groups in total. The largest absolute Gasteiger partial charge is 0.480 e. The highest BCUT2D eigenvalue weighted by Gasteiger charge is 2.51. The molecule has 76 valence electrons. The average Bonchev–Trinajstić information content (AvgIpc) is 2.48. The Morgan fingerprint density at radius 1 is 1.64 bits per heavy atom. The maximum absolute atomic E-state index is 5.10.